The Hall–Kier alpha value is -1.78. The van der Waals surface area contributed by atoms with Gasteiger partial charge in [-0.25, -0.2) is 0 Å². The van der Waals surface area contributed by atoms with E-state index in [-0.39, 0.29) is 5.78 Å². The minimum atomic E-state index is -0.126. The summed E-state index contributed by atoms with van der Waals surface area (Å²) in [6.45, 7) is 0. The van der Waals surface area contributed by atoms with Crippen LogP contribution in [0, 0.1) is 0 Å². The van der Waals surface area contributed by atoms with Crippen LogP contribution in [0.4, 0.5) is 0 Å². The summed E-state index contributed by atoms with van der Waals surface area (Å²) >= 11 is 9.43. The van der Waals surface area contributed by atoms with E-state index in [1.807, 2.05) is 18.2 Å². The molecule has 106 valence electrons. The second-order valence-electron chi connectivity index (χ2n) is 4.57. The van der Waals surface area contributed by atoms with Crippen LogP contribution in [-0.2, 0) is 0 Å². The van der Waals surface area contributed by atoms with Crippen molar-refractivity contribution in [2.75, 3.05) is 7.11 Å². The number of carbonyl (C=O) groups excluding carboxylic acids is 1. The first-order valence-electron chi connectivity index (χ1n) is 6.25. The van der Waals surface area contributed by atoms with Crippen LogP contribution in [-0.4, -0.2) is 17.9 Å². The van der Waals surface area contributed by atoms with E-state index in [4.69, 9.17) is 16.3 Å². The van der Waals surface area contributed by atoms with Crippen molar-refractivity contribution < 1.29 is 9.53 Å². The molecule has 0 saturated carbocycles. The highest BCUT2D eigenvalue weighted by Gasteiger charge is 2.18. The minimum Gasteiger partial charge on any atom is -0.496 e. The number of benzene rings is 2. The van der Waals surface area contributed by atoms with Crippen molar-refractivity contribution in [2.45, 2.75) is 0 Å². The number of ketones is 1. The normalized spacial score (nSPS) is 10.8. The number of hydrogen-bond donors (Lipinski definition) is 1. The first kappa shape index (κ1) is 14.2. The SMILES string of the molecule is COc1ccc(Cl)cc1C(=O)c1c[nH]c2ccc(Br)cc12. The number of fused-ring (bicyclic) bond motifs is 1. The smallest absolute Gasteiger partial charge is 0.198 e. The molecule has 3 nitrogen and oxygen atoms in total. The number of hydrogen-bond acceptors (Lipinski definition) is 2. The Morgan fingerprint density at radius 2 is 2.00 bits per heavy atom. The third kappa shape index (κ3) is 2.57. The molecule has 0 bridgehead atoms. The highest BCUT2D eigenvalue weighted by Crippen LogP contribution is 2.29. The van der Waals surface area contributed by atoms with Gasteiger partial charge in [0.25, 0.3) is 0 Å². The molecule has 0 amide bonds. The van der Waals surface area contributed by atoms with Crippen molar-refractivity contribution in [1.29, 1.82) is 0 Å². The van der Waals surface area contributed by atoms with Gasteiger partial charge in [-0.1, -0.05) is 27.5 Å². The van der Waals surface area contributed by atoms with E-state index in [2.05, 4.69) is 20.9 Å². The average molecular weight is 365 g/mol. The molecule has 2 aromatic carbocycles. The van der Waals surface area contributed by atoms with Gasteiger partial charge in [0.2, 0.25) is 0 Å². The fraction of sp³-hybridized carbons (Fsp3) is 0.0625. The van der Waals surface area contributed by atoms with Gasteiger partial charge in [0.15, 0.2) is 5.78 Å². The Labute approximate surface area is 135 Å². The molecule has 0 aliphatic rings. The van der Waals surface area contributed by atoms with Crippen LogP contribution in [0.3, 0.4) is 0 Å². The number of methoxy groups -OCH3 is 1. The molecule has 3 rings (SSSR count). The zero-order valence-electron chi connectivity index (χ0n) is 11.1. The number of nitrogens with one attached hydrogen (secondary N) is 1. The lowest BCUT2D eigenvalue weighted by molar-refractivity contribution is 0.103. The van der Waals surface area contributed by atoms with Gasteiger partial charge in [-0.05, 0) is 36.4 Å². The summed E-state index contributed by atoms with van der Waals surface area (Å²) in [5, 5.41) is 1.36. The highest BCUT2D eigenvalue weighted by atomic mass is 79.9. The summed E-state index contributed by atoms with van der Waals surface area (Å²) < 4.78 is 6.17. The van der Waals surface area contributed by atoms with Gasteiger partial charge in [-0.15, -0.1) is 0 Å². The predicted octanol–water partition coefficient (Wildman–Crippen LogP) is 4.82. The largest absolute Gasteiger partial charge is 0.496 e. The fourth-order valence-corrected chi connectivity index (χ4v) is 2.82. The fourth-order valence-electron chi connectivity index (χ4n) is 2.28. The summed E-state index contributed by atoms with van der Waals surface area (Å²) in [4.78, 5) is 15.9. The van der Waals surface area contributed by atoms with Gasteiger partial charge in [0.1, 0.15) is 5.75 Å². The summed E-state index contributed by atoms with van der Waals surface area (Å²) in [6, 6.07) is 10.8. The van der Waals surface area contributed by atoms with Crippen LogP contribution in [0.15, 0.2) is 47.1 Å². The van der Waals surface area contributed by atoms with Crippen molar-refractivity contribution in [3.05, 3.63) is 63.2 Å². The number of rotatable bonds is 3. The molecule has 1 N–H and O–H groups in total. The van der Waals surface area contributed by atoms with Gasteiger partial charge < -0.3 is 9.72 Å². The van der Waals surface area contributed by atoms with Crippen LogP contribution < -0.4 is 4.74 Å². The minimum absolute atomic E-state index is 0.126. The first-order valence-corrected chi connectivity index (χ1v) is 7.42. The van der Waals surface area contributed by atoms with Gasteiger partial charge in [-0.3, -0.25) is 4.79 Å². The summed E-state index contributed by atoms with van der Waals surface area (Å²) in [5.41, 5.74) is 1.94. The van der Waals surface area contributed by atoms with Crippen LogP contribution in [0.25, 0.3) is 10.9 Å². The van der Waals surface area contributed by atoms with Crippen LogP contribution >= 0.6 is 27.5 Å². The topological polar surface area (TPSA) is 42.1 Å². The van der Waals surface area contributed by atoms with Gasteiger partial charge >= 0.3 is 0 Å². The first-order chi connectivity index (χ1) is 10.1. The van der Waals surface area contributed by atoms with Gasteiger partial charge in [0.05, 0.1) is 12.7 Å². The molecule has 0 unspecified atom stereocenters. The zero-order chi connectivity index (χ0) is 15.0. The summed E-state index contributed by atoms with van der Waals surface area (Å²) in [7, 11) is 1.53. The summed E-state index contributed by atoms with van der Waals surface area (Å²) in [6.07, 6.45) is 1.71. The maximum atomic E-state index is 12.8. The second kappa shape index (κ2) is 5.54. The lowest BCUT2D eigenvalue weighted by atomic mass is 10.0. The van der Waals surface area contributed by atoms with E-state index in [0.717, 1.165) is 15.4 Å². The molecule has 0 aliphatic heterocycles. The maximum absolute atomic E-state index is 12.8. The number of ether oxygens (including phenoxy) is 1. The standard InChI is InChI=1S/C16H11BrClNO2/c1-21-15-5-3-10(18)7-12(15)16(20)13-8-19-14-4-2-9(17)6-11(13)14/h2-8,19H,1H3. The molecule has 0 spiro atoms. The zero-order valence-corrected chi connectivity index (χ0v) is 13.5. The molecular formula is C16H11BrClNO2. The summed E-state index contributed by atoms with van der Waals surface area (Å²) in [5.74, 6) is 0.382. The highest BCUT2D eigenvalue weighted by molar-refractivity contribution is 9.10. The van der Waals surface area contributed by atoms with E-state index < -0.39 is 0 Å². The molecule has 0 radical (unpaired) electrons. The van der Waals surface area contributed by atoms with E-state index in [1.54, 1.807) is 24.4 Å². The van der Waals surface area contributed by atoms with Crippen LogP contribution in [0.2, 0.25) is 5.02 Å². The number of carbonyl (C=O) groups is 1. The quantitative estimate of drug-likeness (QED) is 0.677. The Balaban J connectivity index is 2.17. The van der Waals surface area contributed by atoms with Gasteiger partial charge in [0, 0.05) is 32.2 Å². The molecule has 5 heteroatoms. The molecule has 0 atom stereocenters. The van der Waals surface area contributed by atoms with E-state index in [9.17, 15) is 4.79 Å². The molecule has 1 aromatic heterocycles. The van der Waals surface area contributed by atoms with Gasteiger partial charge in [-0.2, -0.15) is 0 Å². The molecule has 0 aliphatic carbocycles. The van der Waals surface area contributed by atoms with E-state index in [0.29, 0.717) is 21.9 Å². The third-order valence-corrected chi connectivity index (χ3v) is 4.02. The van der Waals surface area contributed by atoms with Crippen molar-refractivity contribution in [2.24, 2.45) is 0 Å². The molecule has 0 fully saturated rings. The Morgan fingerprint density at radius 1 is 1.19 bits per heavy atom. The van der Waals surface area contributed by atoms with Crippen molar-refractivity contribution in [3.8, 4) is 5.75 Å². The molecule has 0 saturated heterocycles. The number of halogens is 2. The van der Waals surface area contributed by atoms with E-state index >= 15 is 0 Å². The number of aromatic nitrogens is 1. The molecule has 3 aromatic rings. The molecular weight excluding hydrogens is 354 g/mol. The van der Waals surface area contributed by atoms with Crippen molar-refractivity contribution in [1.82, 2.24) is 4.98 Å². The second-order valence-corrected chi connectivity index (χ2v) is 5.92. The van der Waals surface area contributed by atoms with Crippen molar-refractivity contribution >= 4 is 44.2 Å². The lowest BCUT2D eigenvalue weighted by Crippen LogP contribution is -2.03. The average Bonchev–Trinajstić information content (AvgIpc) is 2.89. The number of H-pyrrole nitrogens is 1. The monoisotopic (exact) mass is 363 g/mol. The third-order valence-electron chi connectivity index (χ3n) is 3.29. The Bertz CT molecular complexity index is 841. The molecule has 21 heavy (non-hydrogen) atoms. The molecule has 1 heterocycles. The van der Waals surface area contributed by atoms with E-state index in [1.165, 1.54) is 7.11 Å². The number of aromatic amines is 1. The Morgan fingerprint density at radius 3 is 2.76 bits per heavy atom. The maximum Gasteiger partial charge on any atom is 0.198 e. The Kier molecular flexibility index (Phi) is 3.74. The van der Waals surface area contributed by atoms with Crippen LogP contribution in [0.1, 0.15) is 15.9 Å². The van der Waals surface area contributed by atoms with Crippen molar-refractivity contribution in [3.63, 3.8) is 0 Å². The van der Waals surface area contributed by atoms with Crippen LogP contribution in [0.5, 0.6) is 5.75 Å². The lowest BCUT2D eigenvalue weighted by Gasteiger charge is -2.07. The predicted molar refractivity (Wildman–Crippen MR) is 87.4 cm³/mol.